The van der Waals surface area contributed by atoms with Crippen LogP contribution in [-0.2, 0) is 38.1 Å². The SMILES string of the molecule is CC(=O)OCC1=CO[C@@H](OC(=O)CC(C)C)[C@H]2C1=C[C@H](OCCC(C)(C)OC(C)=O)[C@]2(O)CCl. The van der Waals surface area contributed by atoms with Crippen molar-refractivity contribution in [1.29, 1.82) is 0 Å². The highest BCUT2D eigenvalue weighted by molar-refractivity contribution is 6.18. The predicted octanol–water partition coefficient (Wildman–Crippen LogP) is 3.02. The molecule has 0 aromatic heterocycles. The molecule has 0 aromatic rings. The Labute approximate surface area is 205 Å². The minimum Gasteiger partial charge on any atom is -0.461 e. The van der Waals surface area contributed by atoms with Crippen molar-refractivity contribution in [2.75, 3.05) is 19.1 Å². The second-order valence-corrected chi connectivity index (χ2v) is 9.90. The fourth-order valence-corrected chi connectivity index (χ4v) is 4.29. The summed E-state index contributed by atoms with van der Waals surface area (Å²) in [6.45, 7) is 9.98. The Balaban J connectivity index is 2.27. The van der Waals surface area contributed by atoms with Crippen molar-refractivity contribution in [3.63, 3.8) is 0 Å². The van der Waals surface area contributed by atoms with Crippen molar-refractivity contribution >= 4 is 29.5 Å². The quantitative estimate of drug-likeness (QED) is 0.258. The molecule has 2 rings (SSSR count). The topological polar surface area (TPSA) is 118 Å². The van der Waals surface area contributed by atoms with Gasteiger partial charge in [-0.3, -0.25) is 14.4 Å². The van der Waals surface area contributed by atoms with Gasteiger partial charge in [0.05, 0.1) is 24.7 Å². The van der Waals surface area contributed by atoms with E-state index in [9.17, 15) is 19.5 Å². The summed E-state index contributed by atoms with van der Waals surface area (Å²) in [5.74, 6) is -2.37. The Bertz CT molecular complexity index is 832. The maximum absolute atomic E-state index is 12.4. The Morgan fingerprint density at radius 3 is 2.47 bits per heavy atom. The number of fused-ring (bicyclic) bond motifs is 1. The number of ether oxygens (including phenoxy) is 5. The molecule has 34 heavy (non-hydrogen) atoms. The first-order valence-electron chi connectivity index (χ1n) is 11.3. The van der Waals surface area contributed by atoms with Gasteiger partial charge in [0.1, 0.15) is 23.9 Å². The fourth-order valence-electron chi connectivity index (χ4n) is 3.97. The fraction of sp³-hybridized carbons (Fsp3) is 0.708. The van der Waals surface area contributed by atoms with Gasteiger partial charge in [-0.15, -0.1) is 11.6 Å². The van der Waals surface area contributed by atoms with Crippen LogP contribution in [0.15, 0.2) is 23.5 Å². The molecule has 9 nitrogen and oxygen atoms in total. The number of rotatable bonds is 11. The van der Waals surface area contributed by atoms with Crippen LogP contribution in [0.5, 0.6) is 0 Å². The minimum atomic E-state index is -1.67. The van der Waals surface area contributed by atoms with Gasteiger partial charge in [0.2, 0.25) is 0 Å². The van der Waals surface area contributed by atoms with E-state index < -0.39 is 47.4 Å². The Hall–Kier alpha value is -2.10. The van der Waals surface area contributed by atoms with Crippen molar-refractivity contribution in [2.45, 2.75) is 78.0 Å². The highest BCUT2D eigenvalue weighted by atomic mass is 35.5. The van der Waals surface area contributed by atoms with Crippen molar-refractivity contribution in [1.82, 2.24) is 0 Å². The van der Waals surface area contributed by atoms with Crippen molar-refractivity contribution in [3.8, 4) is 0 Å². The van der Waals surface area contributed by atoms with E-state index in [1.165, 1.54) is 20.1 Å². The molecule has 0 spiro atoms. The lowest BCUT2D eigenvalue weighted by Crippen LogP contribution is -2.54. The Morgan fingerprint density at radius 1 is 1.24 bits per heavy atom. The molecule has 1 aliphatic heterocycles. The number of hydrogen-bond donors (Lipinski definition) is 1. The molecule has 0 radical (unpaired) electrons. The monoisotopic (exact) mass is 502 g/mol. The van der Waals surface area contributed by atoms with Gasteiger partial charge in [-0.25, -0.2) is 0 Å². The molecular formula is C24H35ClO9. The largest absolute Gasteiger partial charge is 0.461 e. The van der Waals surface area contributed by atoms with E-state index in [0.717, 1.165) is 0 Å². The van der Waals surface area contributed by atoms with E-state index in [1.54, 1.807) is 19.9 Å². The van der Waals surface area contributed by atoms with Crippen molar-refractivity contribution in [3.05, 3.63) is 23.5 Å². The molecule has 4 atom stereocenters. The first-order valence-corrected chi connectivity index (χ1v) is 11.8. The van der Waals surface area contributed by atoms with Crippen LogP contribution in [0.25, 0.3) is 0 Å². The molecule has 0 aromatic carbocycles. The summed E-state index contributed by atoms with van der Waals surface area (Å²) in [4.78, 5) is 35.0. The third-order valence-electron chi connectivity index (χ3n) is 5.57. The third kappa shape index (κ3) is 7.20. The van der Waals surface area contributed by atoms with Gasteiger partial charge < -0.3 is 28.8 Å². The molecule has 0 fully saturated rings. The molecule has 0 amide bonds. The van der Waals surface area contributed by atoms with E-state index in [2.05, 4.69) is 0 Å². The summed E-state index contributed by atoms with van der Waals surface area (Å²) >= 11 is 6.23. The Morgan fingerprint density at radius 2 is 1.91 bits per heavy atom. The summed E-state index contributed by atoms with van der Waals surface area (Å²) in [6, 6.07) is 0. The highest BCUT2D eigenvalue weighted by Gasteiger charge is 2.57. The molecular weight excluding hydrogens is 468 g/mol. The van der Waals surface area contributed by atoms with Gasteiger partial charge in [-0.2, -0.15) is 0 Å². The van der Waals surface area contributed by atoms with Gasteiger partial charge in [0.25, 0.3) is 6.29 Å². The summed E-state index contributed by atoms with van der Waals surface area (Å²) in [6.07, 6.45) is 1.60. The normalized spacial score (nSPS) is 26.2. The van der Waals surface area contributed by atoms with Crippen molar-refractivity contribution < 1.29 is 43.2 Å². The number of aliphatic hydroxyl groups is 1. The standard InChI is InChI=1S/C24H35ClO9/c1-14(2)9-20(28)33-22-21-18(17(12-32-22)11-31-15(3)26)10-19(24(21,29)13-25)30-8-7-23(5,6)34-16(4)27/h10,12,14,19,21-22,29H,7-9,11,13H2,1-6H3/t19-,21+,22-,24+/m0/s1. The first-order chi connectivity index (χ1) is 15.8. The minimum absolute atomic E-state index is 0.0771. The molecule has 2 aliphatic rings. The summed E-state index contributed by atoms with van der Waals surface area (Å²) in [5.41, 5.74) is -1.35. The highest BCUT2D eigenvalue weighted by Crippen LogP contribution is 2.47. The van der Waals surface area contributed by atoms with Crippen LogP contribution in [0.3, 0.4) is 0 Å². The number of carbonyl (C=O) groups excluding carboxylic acids is 3. The van der Waals surface area contributed by atoms with E-state index in [0.29, 0.717) is 17.6 Å². The maximum atomic E-state index is 12.4. The van der Waals surface area contributed by atoms with Crippen LogP contribution >= 0.6 is 11.6 Å². The lowest BCUT2D eigenvalue weighted by atomic mass is 9.82. The van der Waals surface area contributed by atoms with E-state index >= 15 is 0 Å². The number of alkyl halides is 1. The van der Waals surface area contributed by atoms with Crippen LogP contribution in [0.2, 0.25) is 0 Å². The van der Waals surface area contributed by atoms with Crippen LogP contribution in [0.1, 0.15) is 54.4 Å². The van der Waals surface area contributed by atoms with Crippen LogP contribution in [0, 0.1) is 11.8 Å². The predicted molar refractivity (Wildman–Crippen MR) is 123 cm³/mol. The number of hydrogen-bond acceptors (Lipinski definition) is 9. The second-order valence-electron chi connectivity index (χ2n) is 9.63. The zero-order valence-electron chi connectivity index (χ0n) is 20.6. The zero-order valence-corrected chi connectivity index (χ0v) is 21.3. The summed E-state index contributed by atoms with van der Waals surface area (Å²) in [7, 11) is 0. The third-order valence-corrected chi connectivity index (χ3v) is 6.00. The molecule has 192 valence electrons. The molecule has 0 bridgehead atoms. The average molecular weight is 503 g/mol. The lowest BCUT2D eigenvalue weighted by molar-refractivity contribution is -0.202. The zero-order chi connectivity index (χ0) is 25.7. The molecule has 0 saturated heterocycles. The van der Waals surface area contributed by atoms with E-state index in [1.807, 2.05) is 13.8 Å². The average Bonchev–Trinajstić information content (AvgIpc) is 2.99. The van der Waals surface area contributed by atoms with Crippen LogP contribution in [-0.4, -0.2) is 65.7 Å². The maximum Gasteiger partial charge on any atom is 0.309 e. The van der Waals surface area contributed by atoms with Crippen LogP contribution < -0.4 is 0 Å². The first kappa shape index (κ1) is 28.1. The number of esters is 3. The molecule has 0 unspecified atom stereocenters. The smallest absolute Gasteiger partial charge is 0.309 e. The second kappa shape index (κ2) is 11.6. The Kier molecular flexibility index (Phi) is 9.56. The van der Waals surface area contributed by atoms with Crippen LogP contribution in [0.4, 0.5) is 0 Å². The van der Waals surface area contributed by atoms with Gasteiger partial charge in [0.15, 0.2) is 0 Å². The van der Waals surface area contributed by atoms with Gasteiger partial charge in [-0.05, 0) is 31.4 Å². The summed E-state index contributed by atoms with van der Waals surface area (Å²) in [5, 5.41) is 11.6. The van der Waals surface area contributed by atoms with Crippen molar-refractivity contribution in [2.24, 2.45) is 11.8 Å². The lowest BCUT2D eigenvalue weighted by Gasteiger charge is -2.40. The molecule has 1 aliphatic carbocycles. The summed E-state index contributed by atoms with van der Waals surface area (Å²) < 4.78 is 27.6. The number of carbonyl (C=O) groups is 3. The molecule has 1 heterocycles. The number of halogens is 1. The van der Waals surface area contributed by atoms with Gasteiger partial charge in [-0.1, -0.05) is 13.8 Å². The van der Waals surface area contributed by atoms with Gasteiger partial charge >= 0.3 is 17.9 Å². The molecule has 1 N–H and O–H groups in total. The molecule has 10 heteroatoms. The van der Waals surface area contributed by atoms with E-state index in [-0.39, 0.29) is 31.4 Å². The van der Waals surface area contributed by atoms with Gasteiger partial charge in [0, 0.05) is 32.3 Å². The van der Waals surface area contributed by atoms with E-state index in [4.69, 9.17) is 35.3 Å². The molecule has 0 saturated carbocycles.